The zero-order valence-electron chi connectivity index (χ0n) is 8.98. The maximum atomic E-state index is 10.9. The van der Waals surface area contributed by atoms with Gasteiger partial charge in [-0.25, -0.2) is 0 Å². The fourth-order valence-electron chi connectivity index (χ4n) is 1.41. The summed E-state index contributed by atoms with van der Waals surface area (Å²) in [6.07, 6.45) is 1.97. The molecular weight excluding hydrogens is 222 g/mol. The Labute approximate surface area is 97.9 Å². The van der Waals surface area contributed by atoms with Gasteiger partial charge in [-0.1, -0.05) is 24.3 Å². The average molecular weight is 235 g/mol. The van der Waals surface area contributed by atoms with Crippen LogP contribution in [0.5, 0.6) is 0 Å². The van der Waals surface area contributed by atoms with Gasteiger partial charge in [0.2, 0.25) is 0 Å². The Balaban J connectivity index is 2.97. The zero-order chi connectivity index (χ0) is 12.8. The molecule has 0 aliphatic rings. The second-order valence-electron chi connectivity index (χ2n) is 3.47. The Morgan fingerprint density at radius 3 is 2.35 bits per heavy atom. The first-order chi connectivity index (χ1) is 8.10. The smallest absolute Gasteiger partial charge is 0.321 e. The first-order valence-electron chi connectivity index (χ1n) is 4.87. The summed E-state index contributed by atoms with van der Waals surface area (Å²) >= 11 is 0. The van der Waals surface area contributed by atoms with E-state index in [4.69, 9.17) is 16.7 Å². The minimum Gasteiger partial charge on any atom is -0.480 e. The molecule has 0 aliphatic heterocycles. The first kappa shape index (κ1) is 12.9. The average Bonchev–Trinajstić information content (AvgIpc) is 2.32. The van der Waals surface area contributed by atoms with Crippen LogP contribution in [0.15, 0.2) is 29.4 Å². The highest BCUT2D eigenvalue weighted by atomic mass is 16.4. The molecule has 90 valence electrons. The SMILES string of the molecule is NN=Cc1ccc(C(C=O)C(N)C(=O)O)cc1. The first-order valence-corrected chi connectivity index (χ1v) is 4.87. The maximum absolute atomic E-state index is 10.9. The molecule has 0 saturated carbocycles. The molecule has 1 aromatic carbocycles. The van der Waals surface area contributed by atoms with Gasteiger partial charge in [0.05, 0.1) is 12.1 Å². The largest absolute Gasteiger partial charge is 0.480 e. The molecule has 0 radical (unpaired) electrons. The number of aliphatic carboxylic acids is 1. The highest BCUT2D eigenvalue weighted by molar-refractivity contribution is 5.82. The molecule has 0 saturated heterocycles. The molecule has 0 amide bonds. The molecule has 0 aliphatic carbocycles. The van der Waals surface area contributed by atoms with Gasteiger partial charge in [0.15, 0.2) is 0 Å². The molecule has 0 fully saturated rings. The number of nitrogens with two attached hydrogens (primary N) is 2. The van der Waals surface area contributed by atoms with Crippen LogP contribution in [-0.2, 0) is 9.59 Å². The van der Waals surface area contributed by atoms with E-state index in [0.717, 1.165) is 5.56 Å². The van der Waals surface area contributed by atoms with Gasteiger partial charge in [-0.3, -0.25) is 4.79 Å². The van der Waals surface area contributed by atoms with E-state index in [9.17, 15) is 9.59 Å². The van der Waals surface area contributed by atoms with Gasteiger partial charge >= 0.3 is 5.97 Å². The number of hydrogen-bond acceptors (Lipinski definition) is 5. The Morgan fingerprint density at radius 1 is 1.35 bits per heavy atom. The molecule has 17 heavy (non-hydrogen) atoms. The monoisotopic (exact) mass is 235 g/mol. The van der Waals surface area contributed by atoms with Crippen LogP contribution < -0.4 is 11.6 Å². The van der Waals surface area contributed by atoms with Crippen LogP contribution in [0.2, 0.25) is 0 Å². The van der Waals surface area contributed by atoms with E-state index < -0.39 is 17.9 Å². The van der Waals surface area contributed by atoms with E-state index in [1.165, 1.54) is 6.21 Å². The number of rotatable bonds is 5. The molecule has 0 aromatic heterocycles. The second kappa shape index (κ2) is 5.76. The van der Waals surface area contributed by atoms with Gasteiger partial charge in [-0.2, -0.15) is 5.10 Å². The van der Waals surface area contributed by atoms with E-state index in [1.54, 1.807) is 24.3 Å². The molecule has 0 spiro atoms. The molecule has 1 rings (SSSR count). The van der Waals surface area contributed by atoms with Crippen molar-refractivity contribution in [1.82, 2.24) is 0 Å². The van der Waals surface area contributed by atoms with Crippen molar-refractivity contribution >= 4 is 18.5 Å². The normalized spacial score (nSPS) is 14.4. The summed E-state index contributed by atoms with van der Waals surface area (Å²) in [5.74, 6) is 2.91. The standard InChI is InChI=1S/C11H13N3O3/c12-10(11(16)17)9(6-15)8-3-1-7(2-4-8)5-14-13/h1-6,9-10H,12-13H2,(H,16,17). The Kier molecular flexibility index (Phi) is 4.36. The highest BCUT2D eigenvalue weighted by Gasteiger charge is 2.25. The summed E-state index contributed by atoms with van der Waals surface area (Å²) in [6.45, 7) is 0. The Hall–Kier alpha value is -2.21. The van der Waals surface area contributed by atoms with Crippen LogP contribution >= 0.6 is 0 Å². The summed E-state index contributed by atoms with van der Waals surface area (Å²) in [4.78, 5) is 21.6. The zero-order valence-corrected chi connectivity index (χ0v) is 8.98. The molecule has 6 nitrogen and oxygen atoms in total. The summed E-state index contributed by atoms with van der Waals surface area (Å²) < 4.78 is 0. The molecule has 5 N–H and O–H groups in total. The molecule has 0 bridgehead atoms. The van der Waals surface area contributed by atoms with Crippen molar-refractivity contribution in [3.63, 3.8) is 0 Å². The van der Waals surface area contributed by atoms with Gasteiger partial charge in [0, 0.05) is 0 Å². The van der Waals surface area contributed by atoms with Crippen molar-refractivity contribution < 1.29 is 14.7 Å². The minimum atomic E-state index is -1.25. The Morgan fingerprint density at radius 2 is 1.94 bits per heavy atom. The predicted octanol–water partition coefficient (Wildman–Crippen LogP) is -0.326. The van der Waals surface area contributed by atoms with Gasteiger partial charge in [0.25, 0.3) is 0 Å². The fourth-order valence-corrected chi connectivity index (χ4v) is 1.41. The van der Waals surface area contributed by atoms with E-state index in [2.05, 4.69) is 5.10 Å². The lowest BCUT2D eigenvalue weighted by Gasteiger charge is -2.14. The van der Waals surface area contributed by atoms with Crippen molar-refractivity contribution in [2.75, 3.05) is 0 Å². The quantitative estimate of drug-likeness (QED) is 0.279. The van der Waals surface area contributed by atoms with Gasteiger partial charge in [-0.15, -0.1) is 0 Å². The lowest BCUT2D eigenvalue weighted by atomic mass is 9.93. The highest BCUT2D eigenvalue weighted by Crippen LogP contribution is 2.17. The van der Waals surface area contributed by atoms with Gasteiger partial charge < -0.3 is 21.5 Å². The van der Waals surface area contributed by atoms with E-state index in [1.807, 2.05) is 0 Å². The molecule has 2 atom stereocenters. The van der Waals surface area contributed by atoms with Crippen molar-refractivity contribution in [3.05, 3.63) is 35.4 Å². The third-order valence-corrected chi connectivity index (χ3v) is 2.36. The molecule has 1 aromatic rings. The third kappa shape index (κ3) is 3.12. The molecule has 0 heterocycles. The van der Waals surface area contributed by atoms with Crippen molar-refractivity contribution in [1.29, 1.82) is 0 Å². The summed E-state index contributed by atoms with van der Waals surface area (Å²) in [7, 11) is 0. The van der Waals surface area contributed by atoms with Crippen LogP contribution in [0.1, 0.15) is 17.0 Å². The topological polar surface area (TPSA) is 119 Å². The van der Waals surface area contributed by atoms with Crippen LogP contribution in [-0.4, -0.2) is 29.6 Å². The maximum Gasteiger partial charge on any atom is 0.321 e. The summed E-state index contributed by atoms with van der Waals surface area (Å²) in [6, 6.07) is 5.35. The predicted molar refractivity (Wildman–Crippen MR) is 62.6 cm³/mol. The van der Waals surface area contributed by atoms with E-state index in [-0.39, 0.29) is 0 Å². The summed E-state index contributed by atoms with van der Waals surface area (Å²) in [5, 5.41) is 12.1. The molecule has 2 unspecified atom stereocenters. The van der Waals surface area contributed by atoms with E-state index in [0.29, 0.717) is 11.8 Å². The lowest BCUT2D eigenvalue weighted by molar-refractivity contribution is -0.140. The number of nitrogens with zero attached hydrogens (tertiary/aromatic N) is 1. The fraction of sp³-hybridized carbons (Fsp3) is 0.182. The van der Waals surface area contributed by atoms with Crippen molar-refractivity contribution in [2.24, 2.45) is 16.7 Å². The van der Waals surface area contributed by atoms with Gasteiger partial charge in [-0.05, 0) is 11.1 Å². The van der Waals surface area contributed by atoms with Crippen molar-refractivity contribution in [3.8, 4) is 0 Å². The van der Waals surface area contributed by atoms with Crippen LogP contribution in [0.4, 0.5) is 0 Å². The number of hydrazone groups is 1. The summed E-state index contributed by atoms with van der Waals surface area (Å²) in [5.41, 5.74) is 6.72. The molecule has 6 heteroatoms. The lowest BCUT2D eigenvalue weighted by Crippen LogP contribution is -2.37. The van der Waals surface area contributed by atoms with Crippen LogP contribution in [0.3, 0.4) is 0 Å². The Bertz CT molecular complexity index is 428. The number of carbonyl (C=O) groups excluding carboxylic acids is 1. The number of carboxylic acids is 1. The number of carboxylic acid groups (broad SMARTS) is 1. The van der Waals surface area contributed by atoms with Crippen LogP contribution in [0.25, 0.3) is 0 Å². The number of hydrogen-bond donors (Lipinski definition) is 3. The van der Waals surface area contributed by atoms with Crippen LogP contribution in [0, 0.1) is 0 Å². The number of aldehydes is 1. The second-order valence-corrected chi connectivity index (χ2v) is 3.47. The molecular formula is C11H13N3O3. The number of benzene rings is 1. The van der Waals surface area contributed by atoms with Gasteiger partial charge in [0.1, 0.15) is 12.3 Å². The third-order valence-electron chi connectivity index (χ3n) is 2.36. The van der Waals surface area contributed by atoms with Crippen molar-refractivity contribution in [2.45, 2.75) is 12.0 Å². The van der Waals surface area contributed by atoms with E-state index >= 15 is 0 Å². The minimum absolute atomic E-state index is 0.533. The number of carbonyl (C=O) groups is 2.